The molecular weight excluding hydrogens is 359 g/mol. The third-order valence-corrected chi connectivity index (χ3v) is 3.96. The normalized spacial score (nSPS) is 14.9. The Morgan fingerprint density at radius 2 is 1.74 bits per heavy atom. The number of carbonyl (C=O) groups excluding carboxylic acids is 3. The summed E-state index contributed by atoms with van der Waals surface area (Å²) in [6.07, 6.45) is -0.413. The number of nitrogens with zero attached hydrogens (tertiary/aromatic N) is 4. The zero-order valence-electron chi connectivity index (χ0n) is 16.0. The highest BCUT2D eigenvalue weighted by molar-refractivity contribution is 5.87. The average Bonchev–Trinajstić information content (AvgIpc) is 3.02. The molecule has 2 heterocycles. The van der Waals surface area contributed by atoms with Crippen molar-refractivity contribution in [1.82, 2.24) is 19.6 Å². The van der Waals surface area contributed by atoms with Gasteiger partial charge in [-0.15, -0.1) is 0 Å². The Morgan fingerprint density at radius 3 is 2.26 bits per heavy atom. The molecule has 0 aromatic carbocycles. The van der Waals surface area contributed by atoms with Crippen LogP contribution >= 0.6 is 0 Å². The van der Waals surface area contributed by atoms with Gasteiger partial charge in [-0.25, -0.2) is 14.0 Å². The summed E-state index contributed by atoms with van der Waals surface area (Å²) in [7, 11) is 1.20. The maximum atomic E-state index is 13.1. The van der Waals surface area contributed by atoms with Crippen LogP contribution in [0.3, 0.4) is 0 Å². The quantitative estimate of drug-likeness (QED) is 0.725. The first-order valence-electron chi connectivity index (χ1n) is 8.61. The molecule has 0 atom stereocenters. The van der Waals surface area contributed by atoms with Crippen molar-refractivity contribution in [2.45, 2.75) is 39.6 Å². The lowest BCUT2D eigenvalue weighted by Gasteiger charge is -2.35. The number of esters is 1. The van der Waals surface area contributed by atoms with E-state index in [0.29, 0.717) is 26.2 Å². The molecule has 2 amide bonds. The van der Waals surface area contributed by atoms with Gasteiger partial charge >= 0.3 is 12.1 Å². The number of aromatic nitrogens is 2. The summed E-state index contributed by atoms with van der Waals surface area (Å²) >= 11 is 0. The second-order valence-corrected chi connectivity index (χ2v) is 7.15. The Kier molecular flexibility index (Phi) is 6.40. The van der Waals surface area contributed by atoms with E-state index in [2.05, 4.69) is 9.84 Å². The summed E-state index contributed by atoms with van der Waals surface area (Å²) in [6.45, 7) is 5.71. The molecule has 1 fully saturated rings. The number of rotatable bonds is 4. The number of hydrogen-bond acceptors (Lipinski definition) is 6. The number of hydrogen-bond donors (Lipinski definition) is 0. The Bertz CT molecular complexity index is 705. The lowest BCUT2D eigenvalue weighted by atomic mass is 10.2. The molecule has 0 aliphatic carbocycles. The molecule has 0 saturated carbocycles. The van der Waals surface area contributed by atoms with Crippen LogP contribution in [0.2, 0.25) is 0 Å². The highest BCUT2D eigenvalue weighted by Crippen LogP contribution is 2.13. The zero-order valence-corrected chi connectivity index (χ0v) is 16.0. The van der Waals surface area contributed by atoms with Crippen LogP contribution in [0.25, 0.3) is 0 Å². The van der Waals surface area contributed by atoms with E-state index in [0.717, 1.165) is 4.68 Å². The molecule has 0 bridgehead atoms. The Labute approximate surface area is 157 Å². The highest BCUT2D eigenvalue weighted by Gasteiger charge is 2.28. The molecule has 10 heteroatoms. The number of alkyl halides is 1. The summed E-state index contributed by atoms with van der Waals surface area (Å²) in [5.41, 5.74) is -0.506. The fourth-order valence-electron chi connectivity index (χ4n) is 2.60. The molecule has 1 aliphatic heterocycles. The molecule has 9 nitrogen and oxygen atoms in total. The van der Waals surface area contributed by atoms with Crippen molar-refractivity contribution in [2.75, 3.05) is 33.3 Å². The third kappa shape index (κ3) is 5.41. The Morgan fingerprint density at radius 1 is 1.15 bits per heavy atom. The standard InChI is InChI=1S/C17H25FN4O5/c1-17(2,3)27-16(25)21-7-5-20(6-8-21)14(23)11-22-12(10-18)9-13(19-22)15(24)26-4/h9H,5-8,10-11H2,1-4H3. The minimum Gasteiger partial charge on any atom is -0.464 e. The summed E-state index contributed by atoms with van der Waals surface area (Å²) < 4.78 is 24.2. The summed E-state index contributed by atoms with van der Waals surface area (Å²) in [4.78, 5) is 39.2. The van der Waals surface area contributed by atoms with Crippen molar-refractivity contribution in [1.29, 1.82) is 0 Å². The van der Waals surface area contributed by atoms with E-state index >= 15 is 0 Å². The lowest BCUT2D eigenvalue weighted by molar-refractivity contribution is -0.133. The number of methoxy groups -OCH3 is 1. The monoisotopic (exact) mass is 384 g/mol. The number of halogens is 1. The smallest absolute Gasteiger partial charge is 0.410 e. The van der Waals surface area contributed by atoms with E-state index in [4.69, 9.17) is 4.74 Å². The van der Waals surface area contributed by atoms with Crippen molar-refractivity contribution < 1.29 is 28.2 Å². The van der Waals surface area contributed by atoms with Crippen LogP contribution < -0.4 is 0 Å². The second-order valence-electron chi connectivity index (χ2n) is 7.15. The van der Waals surface area contributed by atoms with Crippen molar-refractivity contribution in [3.8, 4) is 0 Å². The summed E-state index contributed by atoms with van der Waals surface area (Å²) in [5, 5.41) is 3.94. The van der Waals surface area contributed by atoms with Crippen LogP contribution in [0.4, 0.5) is 9.18 Å². The van der Waals surface area contributed by atoms with Gasteiger partial charge in [0.05, 0.1) is 12.8 Å². The molecular formula is C17H25FN4O5. The summed E-state index contributed by atoms with van der Waals surface area (Å²) in [5.74, 6) is -0.963. The second kappa shape index (κ2) is 8.36. The van der Waals surface area contributed by atoms with E-state index in [1.165, 1.54) is 13.2 Å². The highest BCUT2D eigenvalue weighted by atomic mass is 19.1. The summed E-state index contributed by atoms with van der Waals surface area (Å²) in [6, 6.07) is 1.26. The first kappa shape index (κ1) is 20.7. The topological polar surface area (TPSA) is 94.0 Å². The van der Waals surface area contributed by atoms with Gasteiger partial charge in [-0.2, -0.15) is 5.10 Å². The van der Waals surface area contributed by atoms with Crippen molar-refractivity contribution >= 4 is 18.0 Å². The first-order valence-corrected chi connectivity index (χ1v) is 8.61. The molecule has 150 valence electrons. The molecule has 27 heavy (non-hydrogen) atoms. The van der Waals surface area contributed by atoms with Crippen molar-refractivity contribution in [3.63, 3.8) is 0 Å². The van der Waals surface area contributed by atoms with E-state index in [-0.39, 0.29) is 23.8 Å². The van der Waals surface area contributed by atoms with E-state index in [1.807, 2.05) is 0 Å². The van der Waals surface area contributed by atoms with Crippen molar-refractivity contribution in [3.05, 3.63) is 17.5 Å². The van der Waals surface area contributed by atoms with E-state index in [1.54, 1.807) is 30.6 Å². The fourth-order valence-corrected chi connectivity index (χ4v) is 2.60. The predicted octanol–water partition coefficient (Wildman–Crippen LogP) is 1.22. The van der Waals surface area contributed by atoms with Gasteiger partial charge in [-0.05, 0) is 26.8 Å². The van der Waals surface area contributed by atoms with Gasteiger partial charge in [0.15, 0.2) is 5.69 Å². The number of piperazine rings is 1. The van der Waals surface area contributed by atoms with Gasteiger partial charge in [0.2, 0.25) is 5.91 Å². The molecule has 1 aromatic heterocycles. The fraction of sp³-hybridized carbons (Fsp3) is 0.647. The van der Waals surface area contributed by atoms with Gasteiger partial charge in [-0.3, -0.25) is 9.48 Å². The van der Waals surface area contributed by atoms with Gasteiger partial charge in [0.25, 0.3) is 0 Å². The molecule has 1 aromatic rings. The molecule has 2 rings (SSSR count). The lowest BCUT2D eigenvalue weighted by Crippen LogP contribution is -2.52. The van der Waals surface area contributed by atoms with Gasteiger partial charge < -0.3 is 19.3 Å². The molecule has 0 N–H and O–H groups in total. The van der Waals surface area contributed by atoms with E-state index in [9.17, 15) is 18.8 Å². The van der Waals surface area contributed by atoms with Crippen LogP contribution in [-0.4, -0.2) is 76.4 Å². The van der Waals surface area contributed by atoms with Gasteiger partial charge in [0, 0.05) is 26.2 Å². The number of amides is 2. The van der Waals surface area contributed by atoms with Crippen LogP contribution in [0, 0.1) is 0 Å². The minimum atomic E-state index is -0.857. The number of ether oxygens (including phenoxy) is 2. The van der Waals surface area contributed by atoms with Crippen LogP contribution in [-0.2, 0) is 27.5 Å². The van der Waals surface area contributed by atoms with E-state index < -0.39 is 24.3 Å². The number of carbonyl (C=O) groups is 3. The van der Waals surface area contributed by atoms with Gasteiger partial charge in [0.1, 0.15) is 18.8 Å². The van der Waals surface area contributed by atoms with Crippen LogP contribution in [0.5, 0.6) is 0 Å². The predicted molar refractivity (Wildman–Crippen MR) is 92.8 cm³/mol. The van der Waals surface area contributed by atoms with Crippen LogP contribution in [0.1, 0.15) is 37.0 Å². The minimum absolute atomic E-state index is 0.0484. The molecule has 1 aliphatic rings. The average molecular weight is 384 g/mol. The maximum Gasteiger partial charge on any atom is 0.410 e. The molecule has 1 saturated heterocycles. The third-order valence-electron chi connectivity index (χ3n) is 3.96. The SMILES string of the molecule is COC(=O)c1cc(CF)n(CC(=O)N2CCN(C(=O)OC(C)(C)C)CC2)n1. The molecule has 0 spiro atoms. The molecule has 0 radical (unpaired) electrons. The van der Waals surface area contributed by atoms with Crippen molar-refractivity contribution in [2.24, 2.45) is 0 Å². The largest absolute Gasteiger partial charge is 0.464 e. The molecule has 0 unspecified atom stereocenters. The maximum absolute atomic E-state index is 13.1. The Balaban J connectivity index is 1.94. The van der Waals surface area contributed by atoms with Crippen LogP contribution in [0.15, 0.2) is 6.07 Å². The first-order chi connectivity index (χ1) is 12.6. The Hall–Kier alpha value is -2.65. The van der Waals surface area contributed by atoms with Gasteiger partial charge in [-0.1, -0.05) is 0 Å². The zero-order chi connectivity index (χ0) is 20.2.